The Morgan fingerprint density at radius 1 is 0.766 bits per heavy atom. The SMILES string of the molecule is CCCCc1ccc2c3[n+](ccc2c1)C1(CC)CC(C(C)c2ccc4ccccc4c2-c2cccc[n+]2C)C1(CC)c1ccccc1-3. The zero-order valence-electron chi connectivity index (χ0n) is 28.8. The number of fused-ring (bicyclic) bond motifs is 9. The standard InChI is InChI=1S/C45H48N2/c1-6-9-16-32-22-24-37-34(29-32)26-28-47-43(37)38-19-12-13-20-39(38)45(8-3)40(30-44(45,47)7-2)31(4)35-25-23-33-17-10-11-18-36(33)42(35)41-21-14-15-27-46(41)5/h10-15,17-29,31,40H,6-9,16,30H2,1-5H3/q+2. The van der Waals surface area contributed by atoms with Crippen molar-refractivity contribution in [3.63, 3.8) is 0 Å². The molecule has 1 fully saturated rings. The quantitative estimate of drug-likeness (QED) is 0.150. The van der Waals surface area contributed by atoms with E-state index in [4.69, 9.17) is 0 Å². The summed E-state index contributed by atoms with van der Waals surface area (Å²) in [6.45, 7) is 9.72. The summed E-state index contributed by atoms with van der Waals surface area (Å²) in [6, 6.07) is 39.5. The van der Waals surface area contributed by atoms with Crippen molar-refractivity contribution in [3.05, 3.63) is 132 Å². The molecule has 4 aromatic carbocycles. The first-order chi connectivity index (χ1) is 23.0. The first-order valence-corrected chi connectivity index (χ1v) is 18.0. The normalized spacial score (nSPS) is 21.9. The zero-order valence-corrected chi connectivity index (χ0v) is 28.8. The van der Waals surface area contributed by atoms with Crippen molar-refractivity contribution in [1.82, 2.24) is 0 Å². The molecule has 0 spiro atoms. The highest BCUT2D eigenvalue weighted by atomic mass is 15.1. The highest BCUT2D eigenvalue weighted by molar-refractivity contribution is 5.97. The lowest BCUT2D eigenvalue weighted by molar-refractivity contribution is -0.787. The van der Waals surface area contributed by atoms with Crippen LogP contribution in [0.3, 0.4) is 0 Å². The predicted octanol–water partition coefficient (Wildman–Crippen LogP) is 10.4. The van der Waals surface area contributed by atoms with Gasteiger partial charge in [-0.15, -0.1) is 0 Å². The van der Waals surface area contributed by atoms with E-state index in [1.54, 1.807) is 5.56 Å². The lowest BCUT2D eigenvalue weighted by Gasteiger charge is -2.64. The van der Waals surface area contributed by atoms with Crippen LogP contribution in [-0.4, -0.2) is 0 Å². The molecular weight excluding hydrogens is 569 g/mol. The third-order valence-corrected chi connectivity index (χ3v) is 12.5. The first kappa shape index (κ1) is 30.1. The Hall–Kier alpha value is -4.30. The van der Waals surface area contributed by atoms with Crippen LogP contribution in [0.1, 0.15) is 82.4 Å². The number of aromatic nitrogens is 2. The number of unbranched alkanes of at least 4 members (excludes halogenated alkanes) is 1. The first-order valence-electron chi connectivity index (χ1n) is 18.0. The van der Waals surface area contributed by atoms with Gasteiger partial charge in [-0.25, -0.2) is 4.57 Å². The van der Waals surface area contributed by atoms with Gasteiger partial charge in [0.25, 0.3) is 0 Å². The van der Waals surface area contributed by atoms with Gasteiger partial charge in [-0.05, 0) is 82.1 Å². The van der Waals surface area contributed by atoms with Gasteiger partial charge in [-0.2, -0.15) is 4.57 Å². The molecule has 6 aromatic rings. The lowest BCUT2D eigenvalue weighted by atomic mass is 9.39. The minimum atomic E-state index is 0.0337. The van der Waals surface area contributed by atoms with Crippen molar-refractivity contribution in [2.75, 3.05) is 0 Å². The van der Waals surface area contributed by atoms with Gasteiger partial charge in [0.15, 0.2) is 17.9 Å². The van der Waals surface area contributed by atoms with Crippen molar-refractivity contribution >= 4 is 21.5 Å². The van der Waals surface area contributed by atoms with Gasteiger partial charge in [0.05, 0.1) is 21.9 Å². The second-order valence-electron chi connectivity index (χ2n) is 14.4. The van der Waals surface area contributed by atoms with Crippen LogP contribution in [0.15, 0.2) is 116 Å². The van der Waals surface area contributed by atoms with Crippen LogP contribution in [0.5, 0.6) is 0 Å². The van der Waals surface area contributed by atoms with Gasteiger partial charge in [0.1, 0.15) is 7.05 Å². The summed E-state index contributed by atoms with van der Waals surface area (Å²) in [6.07, 6.45) is 11.7. The van der Waals surface area contributed by atoms with Gasteiger partial charge in [0.2, 0.25) is 11.4 Å². The number of rotatable bonds is 8. The molecular formula is C45H48N2+2. The summed E-state index contributed by atoms with van der Waals surface area (Å²) in [4.78, 5) is 0. The van der Waals surface area contributed by atoms with Crippen molar-refractivity contribution in [2.24, 2.45) is 13.0 Å². The van der Waals surface area contributed by atoms with Crippen molar-refractivity contribution in [1.29, 1.82) is 0 Å². The van der Waals surface area contributed by atoms with Gasteiger partial charge >= 0.3 is 0 Å². The minimum Gasteiger partial charge on any atom is -0.201 e. The Morgan fingerprint density at radius 2 is 1.57 bits per heavy atom. The summed E-state index contributed by atoms with van der Waals surface area (Å²) >= 11 is 0. The van der Waals surface area contributed by atoms with E-state index in [0.29, 0.717) is 11.8 Å². The van der Waals surface area contributed by atoms with E-state index < -0.39 is 0 Å². The maximum Gasteiger partial charge on any atom is 0.221 e. The van der Waals surface area contributed by atoms with Crippen molar-refractivity contribution in [2.45, 2.75) is 83.1 Å². The Kier molecular flexibility index (Phi) is 7.32. The van der Waals surface area contributed by atoms with Crippen molar-refractivity contribution < 1.29 is 9.13 Å². The van der Waals surface area contributed by atoms with Crippen LogP contribution >= 0.6 is 0 Å². The molecule has 4 atom stereocenters. The Morgan fingerprint density at radius 3 is 2.38 bits per heavy atom. The molecule has 47 heavy (non-hydrogen) atoms. The molecule has 1 saturated carbocycles. The van der Waals surface area contributed by atoms with Crippen LogP contribution in [0.4, 0.5) is 0 Å². The lowest BCUT2D eigenvalue weighted by Crippen LogP contribution is -2.79. The summed E-state index contributed by atoms with van der Waals surface area (Å²) in [5.41, 5.74) is 10.1. The smallest absolute Gasteiger partial charge is 0.201 e. The molecule has 8 rings (SSSR count). The fraction of sp³-hybridized carbons (Fsp3) is 0.333. The van der Waals surface area contributed by atoms with E-state index in [2.05, 4.69) is 159 Å². The summed E-state index contributed by atoms with van der Waals surface area (Å²) in [5, 5.41) is 5.42. The molecule has 236 valence electrons. The van der Waals surface area contributed by atoms with Crippen molar-refractivity contribution in [3.8, 4) is 22.5 Å². The average molecular weight is 617 g/mol. The molecule has 1 aliphatic heterocycles. The molecule has 0 bridgehead atoms. The maximum atomic E-state index is 2.74. The summed E-state index contributed by atoms with van der Waals surface area (Å²) in [5.74, 6) is 0.890. The minimum absolute atomic E-state index is 0.0337. The highest BCUT2D eigenvalue weighted by Crippen LogP contribution is 2.68. The topological polar surface area (TPSA) is 7.76 Å². The van der Waals surface area contributed by atoms with Gasteiger partial charge in [-0.1, -0.05) is 101 Å². The van der Waals surface area contributed by atoms with Crippen LogP contribution in [0, 0.1) is 5.92 Å². The maximum absolute atomic E-state index is 2.74. The molecule has 0 amide bonds. The number of aryl methyl sites for hydroxylation is 2. The monoisotopic (exact) mass is 616 g/mol. The Bertz CT molecular complexity index is 2140. The van der Waals surface area contributed by atoms with Gasteiger partial charge < -0.3 is 0 Å². The molecule has 0 radical (unpaired) electrons. The molecule has 2 aromatic heterocycles. The van der Waals surface area contributed by atoms with Crippen LogP contribution in [0.2, 0.25) is 0 Å². The van der Waals surface area contributed by atoms with Crippen LogP contribution < -0.4 is 9.13 Å². The van der Waals surface area contributed by atoms with E-state index in [0.717, 1.165) is 19.3 Å². The second-order valence-corrected chi connectivity index (χ2v) is 14.4. The van der Waals surface area contributed by atoms with E-state index in [-0.39, 0.29) is 11.0 Å². The number of hydrogen-bond donors (Lipinski definition) is 0. The summed E-state index contributed by atoms with van der Waals surface area (Å²) < 4.78 is 5.04. The number of benzene rings is 4. The number of pyridine rings is 2. The summed E-state index contributed by atoms with van der Waals surface area (Å²) in [7, 11) is 2.19. The highest BCUT2D eigenvalue weighted by Gasteiger charge is 2.74. The third-order valence-electron chi connectivity index (χ3n) is 12.5. The van der Waals surface area contributed by atoms with Gasteiger partial charge in [0, 0.05) is 31.0 Å². The fourth-order valence-corrected chi connectivity index (χ4v) is 10.2. The van der Waals surface area contributed by atoms with E-state index >= 15 is 0 Å². The molecule has 0 saturated heterocycles. The zero-order chi connectivity index (χ0) is 32.3. The Balaban J connectivity index is 1.32. The van der Waals surface area contributed by atoms with E-state index in [1.807, 2.05) is 0 Å². The molecule has 4 unspecified atom stereocenters. The number of nitrogens with zero attached hydrogens (tertiary/aromatic N) is 2. The molecule has 3 heterocycles. The van der Waals surface area contributed by atoms with Gasteiger partial charge in [-0.3, -0.25) is 0 Å². The molecule has 2 aliphatic rings. The molecule has 0 N–H and O–H groups in total. The number of hydrogen-bond acceptors (Lipinski definition) is 0. The van der Waals surface area contributed by atoms with Crippen LogP contribution in [-0.2, 0) is 24.4 Å². The molecule has 2 heteroatoms. The largest absolute Gasteiger partial charge is 0.221 e. The predicted molar refractivity (Wildman–Crippen MR) is 196 cm³/mol. The van der Waals surface area contributed by atoms with E-state index in [1.165, 1.54) is 74.4 Å². The van der Waals surface area contributed by atoms with E-state index in [9.17, 15) is 0 Å². The fourth-order valence-electron chi connectivity index (χ4n) is 10.2. The molecule has 2 nitrogen and oxygen atoms in total. The molecule has 1 aliphatic carbocycles. The average Bonchev–Trinajstić information content (AvgIpc) is 3.10. The third kappa shape index (κ3) is 4.16. The Labute approximate surface area is 280 Å². The van der Waals surface area contributed by atoms with Crippen LogP contribution in [0.25, 0.3) is 44.1 Å². The second kappa shape index (κ2) is 11.4.